The summed E-state index contributed by atoms with van der Waals surface area (Å²) < 4.78 is 5.78. The third-order valence-corrected chi connectivity index (χ3v) is 8.24. The standard InChI is InChI=1S/C22H21N7O7S3/c1-36-26-14(17-25-22(23)39-27-17)18(32)24-15-19(33)29-16(21(34)35)11(9-38-20(15)29)3-2-6-28-7-4-12(5-8-28)37-10-13(30)31/h2-5,7-8,15,20H,6,9-10H2,1H3,(H4-,23,24,25,27,30,31,32,34,35)/p+1/t15?,20-/m1/s1. The van der Waals surface area contributed by atoms with Crippen molar-refractivity contribution in [2.75, 3.05) is 24.3 Å². The molecule has 2 aromatic heterocycles. The summed E-state index contributed by atoms with van der Waals surface area (Å²) in [5.74, 6) is -3.27. The van der Waals surface area contributed by atoms with Crippen molar-refractivity contribution >= 4 is 69.7 Å². The molecule has 1 fully saturated rings. The van der Waals surface area contributed by atoms with Crippen molar-refractivity contribution in [3.63, 3.8) is 0 Å². The van der Waals surface area contributed by atoms with Crippen LogP contribution in [0.25, 0.3) is 0 Å². The van der Waals surface area contributed by atoms with Crippen LogP contribution in [-0.4, -0.2) is 84.0 Å². The first-order valence-corrected chi connectivity index (χ1v) is 13.9. The molecule has 4 heterocycles. The van der Waals surface area contributed by atoms with Crippen molar-refractivity contribution < 1.29 is 38.8 Å². The summed E-state index contributed by atoms with van der Waals surface area (Å²) in [6.07, 6.45) is 7.01. The predicted molar refractivity (Wildman–Crippen MR) is 142 cm³/mol. The highest BCUT2D eigenvalue weighted by Crippen LogP contribution is 2.40. The molecule has 0 radical (unpaired) electrons. The number of fused-ring (bicyclic) bond motifs is 1. The molecule has 1 unspecified atom stereocenters. The van der Waals surface area contributed by atoms with E-state index in [2.05, 4.69) is 19.8 Å². The first-order chi connectivity index (χ1) is 18.7. The van der Waals surface area contributed by atoms with Gasteiger partial charge < -0.3 is 26.1 Å². The van der Waals surface area contributed by atoms with Crippen LogP contribution in [0.1, 0.15) is 5.82 Å². The van der Waals surface area contributed by atoms with E-state index in [1.165, 1.54) is 30.6 Å². The molecule has 2 aliphatic heterocycles. The topological polar surface area (TPSA) is 201 Å². The zero-order valence-electron chi connectivity index (χ0n) is 20.2. The fourth-order valence-electron chi connectivity index (χ4n) is 3.71. The van der Waals surface area contributed by atoms with E-state index in [0.29, 0.717) is 17.9 Å². The summed E-state index contributed by atoms with van der Waals surface area (Å²) in [5.41, 5.74) is 5.63. The Morgan fingerprint density at radius 1 is 1.36 bits per heavy atom. The van der Waals surface area contributed by atoms with E-state index in [1.54, 1.807) is 36.7 Å². The number of anilines is 1. The fourth-order valence-corrected chi connectivity index (χ4v) is 6.07. The van der Waals surface area contributed by atoms with Crippen LogP contribution >= 0.6 is 35.1 Å². The van der Waals surface area contributed by atoms with Gasteiger partial charge in [-0.25, -0.2) is 9.36 Å². The van der Waals surface area contributed by atoms with Gasteiger partial charge in [-0.1, -0.05) is 11.2 Å². The second-order valence-corrected chi connectivity index (χ2v) is 10.9. The van der Waals surface area contributed by atoms with Crippen LogP contribution in [0.4, 0.5) is 5.13 Å². The van der Waals surface area contributed by atoms with Gasteiger partial charge in [0.25, 0.3) is 11.8 Å². The summed E-state index contributed by atoms with van der Waals surface area (Å²) in [6, 6.07) is 2.60. The van der Waals surface area contributed by atoms with Gasteiger partial charge in [0.15, 0.2) is 24.1 Å². The van der Waals surface area contributed by atoms with E-state index in [4.69, 9.17) is 15.7 Å². The molecule has 39 heavy (non-hydrogen) atoms. The number of carbonyl (C=O) groups is 4. The van der Waals surface area contributed by atoms with E-state index in [-0.39, 0.29) is 28.1 Å². The average Bonchev–Trinajstić information content (AvgIpc) is 3.34. The normalized spacial score (nSPS) is 19.1. The first-order valence-electron chi connectivity index (χ1n) is 11.1. The van der Waals surface area contributed by atoms with Crippen molar-refractivity contribution in [3.05, 3.63) is 53.8 Å². The Balaban J connectivity index is 1.43. The number of thioether (sulfide) groups is 2. The van der Waals surface area contributed by atoms with Crippen LogP contribution in [-0.2, 0) is 30.6 Å². The van der Waals surface area contributed by atoms with E-state index in [9.17, 15) is 24.3 Å². The minimum absolute atomic E-state index is 0.0332. The zero-order chi connectivity index (χ0) is 28.1. The van der Waals surface area contributed by atoms with Gasteiger partial charge in [0.05, 0.1) is 5.75 Å². The SMILES string of the molecule is CON=C(C(=O)NC1C(=O)N2C(C(=O)O)=C(C=CC[n+]3ccc(SCC(=O)O)cc3)CS[C@H]12)c1nsc(N)n1. The molecule has 5 N–H and O–H groups in total. The number of nitrogen functional groups attached to an aromatic ring is 1. The Morgan fingerprint density at radius 2 is 2.10 bits per heavy atom. The van der Waals surface area contributed by atoms with E-state index >= 15 is 0 Å². The highest BCUT2D eigenvalue weighted by Gasteiger charge is 2.54. The molecule has 2 amide bonds. The van der Waals surface area contributed by atoms with Gasteiger partial charge in [-0.05, 0) is 11.6 Å². The lowest BCUT2D eigenvalue weighted by molar-refractivity contribution is -0.687. The average molecular weight is 593 g/mol. The lowest BCUT2D eigenvalue weighted by atomic mass is 10.0. The Morgan fingerprint density at radius 3 is 2.72 bits per heavy atom. The molecule has 1 saturated heterocycles. The molecule has 4 rings (SSSR count). The number of rotatable bonds is 11. The number of carboxylic acid groups (broad SMARTS) is 2. The number of carboxylic acids is 2. The number of β-lactam (4-membered cyclic amide) rings is 1. The smallest absolute Gasteiger partial charge is 0.352 e. The summed E-state index contributed by atoms with van der Waals surface area (Å²) in [7, 11) is 1.24. The highest BCUT2D eigenvalue weighted by molar-refractivity contribution is 8.00. The molecule has 0 spiro atoms. The molecule has 2 aliphatic rings. The quantitative estimate of drug-likeness (QED) is 0.0891. The van der Waals surface area contributed by atoms with Crippen molar-refractivity contribution in [1.82, 2.24) is 19.6 Å². The monoisotopic (exact) mass is 592 g/mol. The number of aromatic nitrogens is 3. The highest BCUT2D eigenvalue weighted by atomic mass is 32.2. The van der Waals surface area contributed by atoms with Gasteiger partial charge in [-0.3, -0.25) is 19.3 Å². The number of carbonyl (C=O) groups excluding carboxylic acids is 2. The molecule has 204 valence electrons. The summed E-state index contributed by atoms with van der Waals surface area (Å²) >= 11 is 3.39. The van der Waals surface area contributed by atoms with Crippen molar-refractivity contribution in [3.8, 4) is 0 Å². The Hall–Kier alpha value is -3.96. The maximum absolute atomic E-state index is 12.9. The van der Waals surface area contributed by atoms with Crippen molar-refractivity contribution in [2.24, 2.45) is 5.16 Å². The fraction of sp³-hybridized carbons (Fsp3) is 0.273. The number of hydrogen-bond donors (Lipinski definition) is 4. The van der Waals surface area contributed by atoms with Crippen LogP contribution in [0.3, 0.4) is 0 Å². The van der Waals surface area contributed by atoms with Gasteiger partial charge in [0.1, 0.15) is 24.2 Å². The number of aliphatic carboxylic acids is 2. The molecule has 2 aromatic rings. The summed E-state index contributed by atoms with van der Waals surface area (Å²) in [6.45, 7) is 0.428. The Bertz CT molecular complexity index is 1390. The van der Waals surface area contributed by atoms with Gasteiger partial charge in [0, 0.05) is 34.3 Å². The van der Waals surface area contributed by atoms with Crippen LogP contribution in [0.5, 0.6) is 0 Å². The first kappa shape index (κ1) is 28.1. The predicted octanol–water partition coefficient (Wildman–Crippen LogP) is -0.0700. The molecular formula is C22H22N7O7S3+. The summed E-state index contributed by atoms with van der Waals surface area (Å²) in [4.78, 5) is 59.2. The van der Waals surface area contributed by atoms with Crippen molar-refractivity contribution in [2.45, 2.75) is 22.9 Å². The summed E-state index contributed by atoms with van der Waals surface area (Å²) in [5, 5.41) is 24.4. The number of nitrogens with two attached hydrogens (primary N) is 1. The Labute approximate surface area is 233 Å². The number of nitrogens with one attached hydrogen (secondary N) is 1. The number of nitrogens with zero attached hydrogens (tertiary/aromatic N) is 5. The molecule has 0 aromatic carbocycles. The van der Waals surface area contributed by atoms with Crippen molar-refractivity contribution in [1.29, 1.82) is 0 Å². The maximum atomic E-state index is 12.9. The second kappa shape index (κ2) is 12.3. The van der Waals surface area contributed by atoms with E-state index in [0.717, 1.165) is 21.3 Å². The number of hydrogen-bond acceptors (Lipinski definition) is 12. The minimum Gasteiger partial charge on any atom is -0.481 e. The maximum Gasteiger partial charge on any atom is 0.352 e. The zero-order valence-corrected chi connectivity index (χ0v) is 22.7. The molecule has 0 saturated carbocycles. The van der Waals surface area contributed by atoms with Crippen LogP contribution in [0.15, 0.2) is 58.0 Å². The third-order valence-electron chi connectivity index (χ3n) is 5.40. The van der Waals surface area contributed by atoms with E-state index in [1.807, 2.05) is 4.57 Å². The molecule has 0 bridgehead atoms. The van der Waals surface area contributed by atoms with Crippen LogP contribution in [0, 0.1) is 0 Å². The van der Waals surface area contributed by atoms with Gasteiger partial charge in [0.2, 0.25) is 11.5 Å². The van der Waals surface area contributed by atoms with E-state index < -0.39 is 35.2 Å². The number of amides is 2. The van der Waals surface area contributed by atoms with Gasteiger partial charge >= 0.3 is 11.9 Å². The van der Waals surface area contributed by atoms with Gasteiger partial charge in [-0.15, -0.1) is 23.5 Å². The lowest BCUT2D eigenvalue weighted by Gasteiger charge is -2.49. The number of oxime groups is 1. The Kier molecular flexibility index (Phi) is 8.82. The molecule has 17 heteroatoms. The lowest BCUT2D eigenvalue weighted by Crippen LogP contribution is -2.71. The molecule has 2 atom stereocenters. The largest absolute Gasteiger partial charge is 0.481 e. The minimum atomic E-state index is -1.26. The molecule has 14 nitrogen and oxygen atoms in total. The third kappa shape index (κ3) is 6.37. The number of allylic oxidation sites excluding steroid dienone is 2. The number of pyridine rings is 1. The molecule has 0 aliphatic carbocycles. The van der Waals surface area contributed by atoms with Crippen LogP contribution < -0.4 is 15.6 Å². The molecular weight excluding hydrogens is 570 g/mol. The second-order valence-electron chi connectivity index (χ2n) is 7.93. The van der Waals surface area contributed by atoms with Crippen LogP contribution in [0.2, 0.25) is 0 Å². The van der Waals surface area contributed by atoms with Gasteiger partial charge in [-0.2, -0.15) is 9.36 Å².